The Hall–Kier alpha value is -6.06. The van der Waals surface area contributed by atoms with E-state index in [-0.39, 0.29) is 11.7 Å². The Morgan fingerprint density at radius 3 is 1.90 bits per heavy atom. The van der Waals surface area contributed by atoms with Crippen molar-refractivity contribution in [2.45, 2.75) is 38.3 Å². The molecule has 7 rings (SSSR count). The summed E-state index contributed by atoms with van der Waals surface area (Å²) in [4.78, 5) is 33.7. The SMILES string of the molecule is CC(C)n1ncn(-c2ccc(N3CCN(c4ccc(-c5ccc(C(F)(F)[C@@](C)(c6ccc(F)cc6F)n6nn[nH]c6=O)nc5)cc4)CC3)cc2)c1=O. The molecule has 1 aliphatic rings. The number of tetrazole rings is 1. The minimum Gasteiger partial charge on any atom is -0.368 e. The Labute approximate surface area is 294 Å². The van der Waals surface area contributed by atoms with E-state index in [9.17, 15) is 18.4 Å². The minimum absolute atomic E-state index is 0.0283. The van der Waals surface area contributed by atoms with Crippen LogP contribution in [0.4, 0.5) is 28.9 Å². The summed E-state index contributed by atoms with van der Waals surface area (Å²) < 4.78 is 64.8. The summed E-state index contributed by atoms with van der Waals surface area (Å²) in [5.41, 5.74) is -1.35. The molecule has 3 aromatic heterocycles. The van der Waals surface area contributed by atoms with Gasteiger partial charge in [0.1, 0.15) is 23.7 Å². The Bertz CT molecular complexity index is 2310. The molecule has 0 aliphatic carbocycles. The van der Waals surface area contributed by atoms with Crippen LogP contribution in [0.25, 0.3) is 16.8 Å². The van der Waals surface area contributed by atoms with Crippen LogP contribution < -0.4 is 21.2 Å². The predicted molar refractivity (Wildman–Crippen MR) is 186 cm³/mol. The second kappa shape index (κ2) is 13.2. The van der Waals surface area contributed by atoms with Gasteiger partial charge in [-0.25, -0.2) is 32.7 Å². The maximum absolute atomic E-state index is 16.4. The Morgan fingerprint density at radius 1 is 0.788 bits per heavy atom. The van der Waals surface area contributed by atoms with Crippen molar-refractivity contribution in [3.63, 3.8) is 0 Å². The lowest BCUT2D eigenvalue weighted by molar-refractivity contribution is -0.104. The first-order valence-corrected chi connectivity index (χ1v) is 16.6. The van der Waals surface area contributed by atoms with Gasteiger partial charge in [-0.15, -0.1) is 0 Å². The molecule has 268 valence electrons. The van der Waals surface area contributed by atoms with E-state index in [0.29, 0.717) is 16.3 Å². The summed E-state index contributed by atoms with van der Waals surface area (Å²) >= 11 is 0. The van der Waals surface area contributed by atoms with Crippen molar-refractivity contribution in [3.05, 3.63) is 135 Å². The maximum Gasteiger partial charge on any atom is 0.362 e. The highest BCUT2D eigenvalue weighted by Gasteiger charge is 2.58. The van der Waals surface area contributed by atoms with E-state index in [1.54, 1.807) is 0 Å². The molecule has 6 aromatic rings. The van der Waals surface area contributed by atoms with E-state index in [2.05, 4.69) is 30.3 Å². The highest BCUT2D eigenvalue weighted by Crippen LogP contribution is 2.47. The van der Waals surface area contributed by atoms with Crippen molar-refractivity contribution in [1.82, 2.24) is 39.5 Å². The fraction of sp³-hybridized carbons (Fsp3) is 0.278. The largest absolute Gasteiger partial charge is 0.368 e. The number of nitrogens with zero attached hydrogens (tertiary/aromatic N) is 9. The van der Waals surface area contributed by atoms with Crippen molar-refractivity contribution in [1.29, 1.82) is 0 Å². The number of halogens is 4. The molecule has 1 fully saturated rings. The zero-order valence-electron chi connectivity index (χ0n) is 28.4. The Morgan fingerprint density at radius 2 is 1.38 bits per heavy atom. The summed E-state index contributed by atoms with van der Waals surface area (Å²) in [6, 6.07) is 20.2. The molecule has 1 N–H and O–H groups in total. The van der Waals surface area contributed by atoms with Crippen molar-refractivity contribution in [3.8, 4) is 16.8 Å². The van der Waals surface area contributed by atoms with E-state index in [1.165, 1.54) is 27.8 Å². The van der Waals surface area contributed by atoms with Crippen LogP contribution in [-0.4, -0.2) is 65.7 Å². The number of alkyl halides is 2. The molecule has 16 heteroatoms. The summed E-state index contributed by atoms with van der Waals surface area (Å²) in [7, 11) is 0. The van der Waals surface area contributed by atoms with E-state index in [0.717, 1.165) is 73.9 Å². The standard InChI is InChI=1S/C36H34F4N10O2/c1-23(2)49-34(52)48(22-42-49)29-12-10-28(11-13-29)47-18-16-46(17-19-47)27-8-4-24(5-9-27)25-6-15-32(41-21-25)36(39,40)35(3,50-33(51)43-44-45-50)30-14-7-26(37)20-31(30)38/h4-15,20-23H,16-19H2,1-3H3,(H,43,45,51)/t35-/m1/s1. The van der Waals surface area contributed by atoms with E-state index < -0.39 is 40.0 Å². The van der Waals surface area contributed by atoms with Gasteiger partial charge >= 0.3 is 17.3 Å². The first-order chi connectivity index (χ1) is 24.9. The summed E-state index contributed by atoms with van der Waals surface area (Å²) in [5.74, 6) is -6.25. The molecule has 52 heavy (non-hydrogen) atoms. The number of anilines is 2. The molecular weight excluding hydrogens is 680 g/mol. The molecule has 1 saturated heterocycles. The van der Waals surface area contributed by atoms with Gasteiger partial charge in [-0.05, 0) is 85.3 Å². The van der Waals surface area contributed by atoms with Gasteiger partial charge in [0.25, 0.3) is 0 Å². The van der Waals surface area contributed by atoms with Crippen LogP contribution >= 0.6 is 0 Å². The molecule has 0 bridgehead atoms. The Kier molecular flexibility index (Phi) is 8.76. The summed E-state index contributed by atoms with van der Waals surface area (Å²) in [6.45, 7) is 7.86. The van der Waals surface area contributed by atoms with Gasteiger partial charge in [-0.3, -0.25) is 4.98 Å². The second-order valence-corrected chi connectivity index (χ2v) is 13.0. The normalized spacial score (nSPS) is 14.9. The van der Waals surface area contributed by atoms with Gasteiger partial charge in [0.05, 0.1) is 11.7 Å². The highest BCUT2D eigenvalue weighted by atomic mass is 19.3. The zero-order chi connectivity index (χ0) is 36.8. The third-order valence-corrected chi connectivity index (χ3v) is 9.57. The number of benzene rings is 3. The minimum atomic E-state index is -4.00. The smallest absolute Gasteiger partial charge is 0.362 e. The lowest BCUT2D eigenvalue weighted by atomic mass is 9.83. The molecule has 1 aliphatic heterocycles. The molecule has 1 atom stereocenters. The second-order valence-electron chi connectivity index (χ2n) is 13.0. The van der Waals surface area contributed by atoms with Gasteiger partial charge in [0, 0.05) is 60.9 Å². The van der Waals surface area contributed by atoms with Gasteiger partial charge in [-0.1, -0.05) is 24.3 Å². The first-order valence-electron chi connectivity index (χ1n) is 16.6. The number of hydrogen-bond donors (Lipinski definition) is 1. The number of pyridine rings is 1. The molecule has 0 radical (unpaired) electrons. The number of piperazine rings is 1. The maximum atomic E-state index is 16.4. The fourth-order valence-corrected chi connectivity index (χ4v) is 6.55. The number of nitrogens with one attached hydrogen (secondary N) is 1. The lowest BCUT2D eigenvalue weighted by Crippen LogP contribution is -2.52. The average Bonchev–Trinajstić information content (AvgIpc) is 3.77. The van der Waals surface area contributed by atoms with Crippen molar-refractivity contribution >= 4 is 11.4 Å². The fourth-order valence-electron chi connectivity index (χ4n) is 6.55. The van der Waals surface area contributed by atoms with E-state index >= 15 is 8.78 Å². The van der Waals surface area contributed by atoms with Gasteiger partial charge in [0.2, 0.25) is 0 Å². The molecule has 12 nitrogen and oxygen atoms in total. The third kappa shape index (κ3) is 5.92. The van der Waals surface area contributed by atoms with Crippen molar-refractivity contribution in [2.75, 3.05) is 36.0 Å². The molecule has 0 amide bonds. The van der Waals surface area contributed by atoms with Gasteiger partial charge in [-0.2, -0.15) is 18.6 Å². The van der Waals surface area contributed by atoms with E-state index in [4.69, 9.17) is 0 Å². The first kappa shape index (κ1) is 34.4. The quantitative estimate of drug-likeness (QED) is 0.205. The molecule has 0 saturated carbocycles. The number of rotatable bonds is 9. The van der Waals surface area contributed by atoms with E-state index in [1.807, 2.05) is 67.5 Å². The molecule has 0 spiro atoms. The number of aromatic nitrogens is 8. The molecule has 0 unspecified atom stereocenters. The third-order valence-electron chi connectivity index (χ3n) is 9.57. The molecule has 3 aromatic carbocycles. The predicted octanol–water partition coefficient (Wildman–Crippen LogP) is 5.12. The molecular formula is C36H34F4N10O2. The monoisotopic (exact) mass is 714 g/mol. The van der Waals surface area contributed by atoms with Crippen LogP contribution in [-0.2, 0) is 11.5 Å². The summed E-state index contributed by atoms with van der Waals surface area (Å²) in [6.07, 6.45) is 2.82. The van der Waals surface area contributed by atoms with Crippen LogP contribution in [0.5, 0.6) is 0 Å². The average molecular weight is 715 g/mol. The van der Waals surface area contributed by atoms with Crippen molar-refractivity contribution in [2.24, 2.45) is 0 Å². The van der Waals surface area contributed by atoms with Crippen LogP contribution in [0, 0.1) is 11.6 Å². The highest BCUT2D eigenvalue weighted by molar-refractivity contribution is 5.66. The van der Waals surface area contributed by atoms with Crippen LogP contribution in [0.15, 0.2) is 101 Å². The molecule has 4 heterocycles. The van der Waals surface area contributed by atoms with Gasteiger partial charge in [0.15, 0.2) is 5.54 Å². The van der Waals surface area contributed by atoms with Crippen LogP contribution in [0.2, 0.25) is 0 Å². The number of H-pyrrole nitrogens is 1. The van der Waals surface area contributed by atoms with Crippen LogP contribution in [0.1, 0.15) is 38.1 Å². The zero-order valence-corrected chi connectivity index (χ0v) is 28.4. The van der Waals surface area contributed by atoms with Crippen molar-refractivity contribution < 1.29 is 17.6 Å². The summed E-state index contributed by atoms with van der Waals surface area (Å²) in [5, 5.41) is 12.9. The van der Waals surface area contributed by atoms with Crippen LogP contribution in [0.3, 0.4) is 0 Å². The number of hydrogen-bond acceptors (Lipinski definition) is 8. The number of aromatic amines is 1. The topological polar surface area (TPSA) is 123 Å². The Balaban J connectivity index is 1.03. The lowest BCUT2D eigenvalue weighted by Gasteiger charge is -2.37. The van der Waals surface area contributed by atoms with Gasteiger partial charge < -0.3 is 9.80 Å².